The van der Waals surface area contributed by atoms with Gasteiger partial charge in [0, 0.05) is 38.6 Å². The van der Waals surface area contributed by atoms with Crippen LogP contribution in [0.4, 0.5) is 0 Å². The molecule has 4 rings (SSSR count). The minimum absolute atomic E-state index is 0.00379. The lowest BCUT2D eigenvalue weighted by Crippen LogP contribution is -2.66. The topological polar surface area (TPSA) is 74.2 Å². The Morgan fingerprint density at radius 3 is 2.14 bits per heavy atom. The van der Waals surface area contributed by atoms with Gasteiger partial charge in [0.05, 0.1) is 6.10 Å². The highest BCUT2D eigenvalue weighted by Crippen LogP contribution is 2.62. The number of carbonyl (C=O) groups is 1. The number of hydrogen-bond donors (Lipinski definition) is 1. The molecule has 2 fully saturated rings. The minimum atomic E-state index is -2.64. The van der Waals surface area contributed by atoms with Gasteiger partial charge in [0.2, 0.25) is 0 Å². The summed E-state index contributed by atoms with van der Waals surface area (Å²) < 4.78 is 25.2. The van der Waals surface area contributed by atoms with Gasteiger partial charge >= 0.3 is 5.97 Å². The van der Waals surface area contributed by atoms with Crippen molar-refractivity contribution >= 4 is 24.7 Å². The Morgan fingerprint density at radius 1 is 0.977 bits per heavy atom. The fourth-order valence-electron chi connectivity index (χ4n) is 8.69. The summed E-state index contributed by atoms with van der Waals surface area (Å²) in [7, 11) is -0.977. The highest BCUT2D eigenvalue weighted by molar-refractivity contribution is 6.99. The SMILES string of the molecule is COCOC1CC(C)C[C@H]2C[C@H](OC(C)=O)[C@@H](CCCO[Si](c3ccccc3)(c3ccccc3)C(C)(C)C)C12CCCO. The number of carbonyl (C=O) groups excluding carboxylic acids is 1. The first-order valence-electron chi connectivity index (χ1n) is 16.2. The molecule has 2 aromatic carbocycles. The van der Waals surface area contributed by atoms with Crippen LogP contribution in [0, 0.1) is 23.2 Å². The van der Waals surface area contributed by atoms with Gasteiger partial charge in [-0.3, -0.25) is 4.79 Å². The number of rotatable bonds is 14. The van der Waals surface area contributed by atoms with E-state index in [2.05, 4.69) is 88.4 Å². The molecule has 6 atom stereocenters. The summed E-state index contributed by atoms with van der Waals surface area (Å²) in [6.45, 7) is 11.7. The van der Waals surface area contributed by atoms with Crippen molar-refractivity contribution in [3.63, 3.8) is 0 Å². The van der Waals surface area contributed by atoms with E-state index in [0.717, 1.165) is 38.5 Å². The first-order chi connectivity index (χ1) is 20.6. The molecule has 0 bridgehead atoms. The van der Waals surface area contributed by atoms with Crippen LogP contribution in [-0.4, -0.2) is 58.7 Å². The van der Waals surface area contributed by atoms with Gasteiger partial charge in [0.25, 0.3) is 8.32 Å². The largest absolute Gasteiger partial charge is 0.462 e. The number of methoxy groups -OCH3 is 1. The zero-order valence-corrected chi connectivity index (χ0v) is 28.2. The Labute approximate surface area is 260 Å². The van der Waals surface area contributed by atoms with Crippen LogP contribution in [0.1, 0.15) is 79.6 Å². The van der Waals surface area contributed by atoms with Gasteiger partial charge in [-0.25, -0.2) is 0 Å². The van der Waals surface area contributed by atoms with Crippen molar-refractivity contribution in [3.05, 3.63) is 60.7 Å². The second-order valence-corrected chi connectivity index (χ2v) is 18.2. The average molecular weight is 611 g/mol. The fourth-order valence-corrected chi connectivity index (χ4v) is 13.3. The summed E-state index contributed by atoms with van der Waals surface area (Å²) >= 11 is 0. The standard InChI is InChI=1S/C36H54O6Si/c1-27-23-29-25-33(42-28(2)38)32(36(29,20-14-21-37)34(24-27)40-26-39-6)19-13-22-41-43(35(3,4)5,30-15-9-7-10-16-30)31-17-11-8-12-18-31/h7-12,15-18,27,29,32-34,37H,13-14,19-26H2,1-6H3/t27?,29-,32+,33-,34?,36?/m0/s1. The molecule has 0 heterocycles. The number of aliphatic hydroxyl groups excluding tert-OH is 1. The van der Waals surface area contributed by atoms with Crippen LogP contribution in [0.15, 0.2) is 60.7 Å². The van der Waals surface area contributed by atoms with Crippen molar-refractivity contribution in [2.45, 2.75) is 96.8 Å². The van der Waals surface area contributed by atoms with Crippen LogP contribution in [-0.2, 0) is 23.4 Å². The lowest BCUT2D eigenvalue weighted by Gasteiger charge is -2.51. The molecule has 0 spiro atoms. The molecule has 6 nitrogen and oxygen atoms in total. The van der Waals surface area contributed by atoms with E-state index in [-0.39, 0.29) is 47.9 Å². The molecule has 2 aliphatic carbocycles. The summed E-state index contributed by atoms with van der Waals surface area (Å²) in [4.78, 5) is 12.3. The average Bonchev–Trinajstić information content (AvgIpc) is 3.26. The smallest absolute Gasteiger partial charge is 0.302 e. The molecular weight excluding hydrogens is 556 g/mol. The second kappa shape index (κ2) is 14.8. The second-order valence-electron chi connectivity index (χ2n) is 13.9. The molecule has 0 saturated heterocycles. The maximum Gasteiger partial charge on any atom is 0.302 e. The molecule has 0 amide bonds. The molecule has 0 aromatic heterocycles. The lowest BCUT2D eigenvalue weighted by molar-refractivity contribution is -0.177. The summed E-state index contributed by atoms with van der Waals surface area (Å²) in [5.74, 6) is 0.794. The number of hydrogen-bond acceptors (Lipinski definition) is 6. The predicted molar refractivity (Wildman–Crippen MR) is 174 cm³/mol. The van der Waals surface area contributed by atoms with Crippen molar-refractivity contribution in [1.29, 1.82) is 0 Å². The zero-order valence-electron chi connectivity index (χ0n) is 27.2. The molecule has 2 aliphatic rings. The summed E-state index contributed by atoms with van der Waals surface area (Å²) in [6, 6.07) is 21.5. The molecule has 2 saturated carbocycles. The van der Waals surface area contributed by atoms with Crippen molar-refractivity contribution in [2.75, 3.05) is 27.1 Å². The Bertz CT molecular complexity index is 1100. The van der Waals surface area contributed by atoms with E-state index in [1.165, 1.54) is 17.3 Å². The molecule has 7 heteroatoms. The van der Waals surface area contributed by atoms with Gasteiger partial charge in [0.1, 0.15) is 12.9 Å². The first kappa shape index (κ1) is 33.9. The molecule has 1 N–H and O–H groups in total. The monoisotopic (exact) mass is 610 g/mol. The van der Waals surface area contributed by atoms with Gasteiger partial charge in [-0.15, -0.1) is 0 Å². The molecule has 43 heavy (non-hydrogen) atoms. The first-order valence-corrected chi connectivity index (χ1v) is 18.1. The molecule has 2 aromatic rings. The lowest BCUT2D eigenvalue weighted by atomic mass is 9.57. The molecule has 0 aliphatic heterocycles. The number of fused-ring (bicyclic) bond motifs is 1. The minimum Gasteiger partial charge on any atom is -0.462 e. The van der Waals surface area contributed by atoms with Gasteiger partial charge in [-0.1, -0.05) is 88.4 Å². The molecule has 3 unspecified atom stereocenters. The fraction of sp³-hybridized carbons (Fsp3) is 0.639. The highest BCUT2D eigenvalue weighted by Gasteiger charge is 2.61. The molecule has 238 valence electrons. The van der Waals surface area contributed by atoms with Crippen molar-refractivity contribution in [1.82, 2.24) is 0 Å². The Hall–Kier alpha value is -2.03. The van der Waals surface area contributed by atoms with E-state index < -0.39 is 8.32 Å². The van der Waals surface area contributed by atoms with Crippen molar-refractivity contribution < 1.29 is 28.5 Å². The summed E-state index contributed by atoms with van der Waals surface area (Å²) in [5, 5.41) is 12.4. The number of ether oxygens (including phenoxy) is 3. The Morgan fingerprint density at radius 2 is 1.60 bits per heavy atom. The highest BCUT2D eigenvalue weighted by atomic mass is 28.4. The van der Waals surface area contributed by atoms with Crippen LogP contribution in [0.3, 0.4) is 0 Å². The van der Waals surface area contributed by atoms with Crippen LogP contribution >= 0.6 is 0 Å². The normalized spacial score (nSPS) is 27.6. The van der Waals surface area contributed by atoms with E-state index in [1.807, 2.05) is 0 Å². The van der Waals surface area contributed by atoms with E-state index in [4.69, 9.17) is 18.6 Å². The molecular formula is C36H54O6Si. The Balaban J connectivity index is 1.65. The van der Waals surface area contributed by atoms with E-state index in [1.54, 1.807) is 7.11 Å². The zero-order chi connectivity index (χ0) is 31.1. The van der Waals surface area contributed by atoms with Crippen LogP contribution in [0.5, 0.6) is 0 Å². The third-order valence-electron chi connectivity index (χ3n) is 10.2. The maximum absolute atomic E-state index is 12.3. The Kier molecular flexibility index (Phi) is 11.7. The van der Waals surface area contributed by atoms with Gasteiger partial charge < -0.3 is 23.7 Å². The quantitative estimate of drug-likeness (QED) is 0.121. The van der Waals surface area contributed by atoms with E-state index >= 15 is 0 Å². The van der Waals surface area contributed by atoms with E-state index in [0.29, 0.717) is 24.9 Å². The van der Waals surface area contributed by atoms with Crippen molar-refractivity contribution in [2.24, 2.45) is 23.2 Å². The van der Waals surface area contributed by atoms with Gasteiger partial charge in [-0.2, -0.15) is 0 Å². The third kappa shape index (κ3) is 7.12. The number of benzene rings is 2. The number of esters is 1. The third-order valence-corrected chi connectivity index (χ3v) is 15.2. The van der Waals surface area contributed by atoms with Gasteiger partial charge in [0.15, 0.2) is 0 Å². The predicted octanol–water partition coefficient (Wildman–Crippen LogP) is 6.09. The van der Waals surface area contributed by atoms with E-state index in [9.17, 15) is 9.90 Å². The van der Waals surface area contributed by atoms with Crippen LogP contribution in [0.25, 0.3) is 0 Å². The summed E-state index contributed by atoms with van der Waals surface area (Å²) in [6.07, 6.45) is 6.02. The van der Waals surface area contributed by atoms with Crippen molar-refractivity contribution in [3.8, 4) is 0 Å². The van der Waals surface area contributed by atoms with Crippen LogP contribution < -0.4 is 10.4 Å². The maximum atomic E-state index is 12.3. The molecule has 0 radical (unpaired) electrons. The summed E-state index contributed by atoms with van der Waals surface area (Å²) in [5.41, 5.74) is -0.175. The van der Waals surface area contributed by atoms with Gasteiger partial charge in [-0.05, 0) is 72.2 Å². The number of aliphatic hydroxyl groups is 1. The van der Waals surface area contributed by atoms with Crippen LogP contribution in [0.2, 0.25) is 5.04 Å².